The van der Waals surface area contributed by atoms with Gasteiger partial charge in [-0.2, -0.15) is 0 Å². The molecule has 118 valence electrons. The Bertz CT molecular complexity index is 560. The fourth-order valence-electron chi connectivity index (χ4n) is 4.25. The van der Waals surface area contributed by atoms with Crippen LogP contribution in [0.1, 0.15) is 31.2 Å². The lowest BCUT2D eigenvalue weighted by Gasteiger charge is -2.43. The number of nitrogens with zero attached hydrogens (tertiary/aromatic N) is 1. The quantitative estimate of drug-likeness (QED) is 0.866. The van der Waals surface area contributed by atoms with Gasteiger partial charge in [0, 0.05) is 25.4 Å². The summed E-state index contributed by atoms with van der Waals surface area (Å²) < 4.78 is 5.89. The van der Waals surface area contributed by atoms with Gasteiger partial charge in [-0.1, -0.05) is 18.2 Å². The molecule has 3 aliphatic heterocycles. The van der Waals surface area contributed by atoms with Gasteiger partial charge in [0.15, 0.2) is 0 Å². The van der Waals surface area contributed by atoms with Crippen LogP contribution >= 0.6 is 0 Å². The molecule has 0 bridgehead atoms. The zero-order valence-corrected chi connectivity index (χ0v) is 13.0. The zero-order chi connectivity index (χ0) is 14.9. The number of hydrogen-bond acceptors (Lipinski definition) is 3. The van der Waals surface area contributed by atoms with Crippen molar-refractivity contribution in [1.29, 1.82) is 0 Å². The molecule has 2 fully saturated rings. The highest BCUT2D eigenvalue weighted by molar-refractivity contribution is 5.96. The van der Waals surface area contributed by atoms with Crippen LogP contribution in [0, 0.1) is 5.92 Å². The number of carbonyl (C=O) groups excluding carboxylic acids is 1. The summed E-state index contributed by atoms with van der Waals surface area (Å²) in [6.07, 6.45) is 5.80. The highest BCUT2D eigenvalue weighted by Gasteiger charge is 2.37. The van der Waals surface area contributed by atoms with Crippen LogP contribution < -0.4 is 5.32 Å². The van der Waals surface area contributed by atoms with E-state index in [4.69, 9.17) is 4.74 Å². The Labute approximate surface area is 131 Å². The van der Waals surface area contributed by atoms with E-state index in [0.29, 0.717) is 12.0 Å². The molecule has 3 heterocycles. The summed E-state index contributed by atoms with van der Waals surface area (Å²) in [5.41, 5.74) is 2.25. The van der Waals surface area contributed by atoms with Gasteiger partial charge in [-0.05, 0) is 49.7 Å². The van der Waals surface area contributed by atoms with Gasteiger partial charge in [0.1, 0.15) is 0 Å². The van der Waals surface area contributed by atoms with E-state index in [-0.39, 0.29) is 11.9 Å². The lowest BCUT2D eigenvalue weighted by molar-refractivity contribution is -0.125. The molecule has 1 aromatic carbocycles. The summed E-state index contributed by atoms with van der Waals surface area (Å²) in [4.78, 5) is 15.1. The Morgan fingerprint density at radius 2 is 2.09 bits per heavy atom. The second kappa shape index (κ2) is 6.01. The van der Waals surface area contributed by atoms with Crippen LogP contribution in [-0.4, -0.2) is 42.6 Å². The lowest BCUT2D eigenvalue weighted by atomic mass is 9.87. The fourth-order valence-corrected chi connectivity index (χ4v) is 4.25. The summed E-state index contributed by atoms with van der Waals surface area (Å²) in [5.74, 6) is 0.779. The molecule has 4 nitrogen and oxygen atoms in total. The fraction of sp³-hybridized carbons (Fsp3) is 0.611. The van der Waals surface area contributed by atoms with E-state index in [0.717, 1.165) is 51.1 Å². The third kappa shape index (κ3) is 2.66. The van der Waals surface area contributed by atoms with Crippen molar-refractivity contribution >= 4 is 11.6 Å². The van der Waals surface area contributed by atoms with Gasteiger partial charge in [-0.3, -0.25) is 9.69 Å². The van der Waals surface area contributed by atoms with Crippen LogP contribution in [-0.2, 0) is 16.0 Å². The molecule has 3 aliphatic rings. The summed E-state index contributed by atoms with van der Waals surface area (Å²) in [7, 11) is 0. The van der Waals surface area contributed by atoms with Crippen molar-refractivity contribution in [3.8, 4) is 0 Å². The Hall–Kier alpha value is -1.39. The molecule has 0 unspecified atom stereocenters. The highest BCUT2D eigenvalue weighted by Crippen LogP contribution is 2.31. The molecule has 22 heavy (non-hydrogen) atoms. The highest BCUT2D eigenvalue weighted by atomic mass is 16.5. The molecular weight excluding hydrogens is 276 g/mol. The zero-order valence-electron chi connectivity index (χ0n) is 13.0. The third-order valence-electron chi connectivity index (χ3n) is 5.45. The van der Waals surface area contributed by atoms with E-state index >= 15 is 0 Å². The number of likely N-dealkylation sites (tertiary alicyclic amines) is 1. The van der Waals surface area contributed by atoms with Crippen molar-refractivity contribution in [2.45, 2.75) is 44.2 Å². The molecule has 4 rings (SSSR count). The number of ether oxygens (including phenoxy) is 1. The molecule has 0 saturated carbocycles. The summed E-state index contributed by atoms with van der Waals surface area (Å²) >= 11 is 0. The normalized spacial score (nSPS) is 32.5. The van der Waals surface area contributed by atoms with Crippen LogP contribution in [0.25, 0.3) is 0 Å². The second-order valence-electron chi connectivity index (χ2n) is 6.80. The second-order valence-corrected chi connectivity index (χ2v) is 6.80. The van der Waals surface area contributed by atoms with Gasteiger partial charge >= 0.3 is 0 Å². The maximum absolute atomic E-state index is 12.7. The predicted molar refractivity (Wildman–Crippen MR) is 85.8 cm³/mol. The van der Waals surface area contributed by atoms with Crippen LogP contribution in [0.3, 0.4) is 0 Å². The Morgan fingerprint density at radius 3 is 3.05 bits per heavy atom. The summed E-state index contributed by atoms with van der Waals surface area (Å²) in [5, 5.41) is 3.13. The number of fused-ring (bicyclic) bond motifs is 2. The first kappa shape index (κ1) is 14.2. The Balaban J connectivity index is 1.48. The summed E-state index contributed by atoms with van der Waals surface area (Å²) in [6, 6.07) is 8.19. The Kier molecular flexibility index (Phi) is 3.89. The monoisotopic (exact) mass is 300 g/mol. The number of para-hydroxylation sites is 1. The van der Waals surface area contributed by atoms with Gasteiger partial charge in [0.05, 0.1) is 12.1 Å². The number of anilines is 1. The van der Waals surface area contributed by atoms with Crippen molar-refractivity contribution in [2.24, 2.45) is 5.92 Å². The molecule has 0 spiro atoms. The first-order chi connectivity index (χ1) is 10.8. The van der Waals surface area contributed by atoms with E-state index in [2.05, 4.69) is 22.3 Å². The SMILES string of the molecule is O=C1Nc2ccccc2CC[C@@H]1N1CC[C@H]2OCCC[C@H]2C1. The van der Waals surface area contributed by atoms with Gasteiger partial charge in [-0.25, -0.2) is 0 Å². The molecule has 0 aromatic heterocycles. The van der Waals surface area contributed by atoms with Crippen molar-refractivity contribution in [1.82, 2.24) is 4.90 Å². The maximum atomic E-state index is 12.7. The van der Waals surface area contributed by atoms with Crippen LogP contribution in [0.5, 0.6) is 0 Å². The number of piperidine rings is 1. The largest absolute Gasteiger partial charge is 0.378 e. The first-order valence-corrected chi connectivity index (χ1v) is 8.56. The van der Waals surface area contributed by atoms with Crippen molar-refractivity contribution in [3.63, 3.8) is 0 Å². The van der Waals surface area contributed by atoms with Crippen molar-refractivity contribution in [3.05, 3.63) is 29.8 Å². The predicted octanol–water partition coefficient (Wildman–Crippen LogP) is 2.44. The smallest absolute Gasteiger partial charge is 0.241 e. The van der Waals surface area contributed by atoms with E-state index in [1.165, 1.54) is 12.0 Å². The maximum Gasteiger partial charge on any atom is 0.241 e. The van der Waals surface area contributed by atoms with Crippen LogP contribution in [0.15, 0.2) is 24.3 Å². The molecular formula is C18H24N2O2. The molecule has 2 saturated heterocycles. The van der Waals surface area contributed by atoms with Gasteiger partial charge < -0.3 is 10.1 Å². The number of amides is 1. The molecule has 0 radical (unpaired) electrons. The van der Waals surface area contributed by atoms with Gasteiger partial charge in [0.25, 0.3) is 0 Å². The minimum absolute atomic E-state index is 0.00952. The van der Waals surface area contributed by atoms with E-state index in [9.17, 15) is 4.79 Å². The average Bonchev–Trinajstić information content (AvgIpc) is 2.72. The third-order valence-corrected chi connectivity index (χ3v) is 5.45. The van der Waals surface area contributed by atoms with Crippen molar-refractivity contribution < 1.29 is 9.53 Å². The van der Waals surface area contributed by atoms with Gasteiger partial charge in [0.2, 0.25) is 5.91 Å². The van der Waals surface area contributed by atoms with E-state index < -0.39 is 0 Å². The van der Waals surface area contributed by atoms with Crippen LogP contribution in [0.4, 0.5) is 5.69 Å². The molecule has 1 aromatic rings. The van der Waals surface area contributed by atoms with E-state index in [1.54, 1.807) is 0 Å². The molecule has 1 N–H and O–H groups in total. The minimum atomic E-state index is 0.00952. The number of benzene rings is 1. The average molecular weight is 300 g/mol. The first-order valence-electron chi connectivity index (χ1n) is 8.56. The summed E-state index contributed by atoms with van der Waals surface area (Å²) in [6.45, 7) is 2.91. The lowest BCUT2D eigenvalue weighted by Crippen LogP contribution is -2.53. The van der Waals surface area contributed by atoms with Gasteiger partial charge in [-0.15, -0.1) is 0 Å². The standard InChI is InChI=1S/C18H24N2O2/c21-18-16(8-7-13-4-1-2-6-15(13)19-18)20-10-9-17-14(12-20)5-3-11-22-17/h1-2,4,6,14,16-17H,3,5,7-12H2,(H,19,21)/t14-,16-,17+/m0/s1. The number of nitrogens with one attached hydrogen (secondary N) is 1. The Morgan fingerprint density at radius 1 is 1.18 bits per heavy atom. The number of aryl methyl sites for hydroxylation is 1. The number of hydrogen-bond donors (Lipinski definition) is 1. The topological polar surface area (TPSA) is 41.6 Å². The van der Waals surface area contributed by atoms with Crippen LogP contribution in [0.2, 0.25) is 0 Å². The van der Waals surface area contributed by atoms with E-state index in [1.807, 2.05) is 12.1 Å². The molecule has 0 aliphatic carbocycles. The number of rotatable bonds is 1. The number of carbonyl (C=O) groups is 1. The molecule has 3 atom stereocenters. The minimum Gasteiger partial charge on any atom is -0.378 e. The molecule has 4 heteroatoms. The van der Waals surface area contributed by atoms with Crippen molar-refractivity contribution in [2.75, 3.05) is 25.0 Å². The molecule has 1 amide bonds.